The van der Waals surface area contributed by atoms with Crippen LogP contribution in [0, 0.1) is 5.92 Å². The van der Waals surface area contributed by atoms with Gasteiger partial charge in [-0.05, 0) is 33.1 Å². The lowest BCUT2D eigenvalue weighted by Crippen LogP contribution is -2.44. The molecule has 6 nitrogen and oxygen atoms in total. The quantitative estimate of drug-likeness (QED) is 0.863. The summed E-state index contributed by atoms with van der Waals surface area (Å²) in [5.74, 6) is 0.653. The molecule has 1 aliphatic rings. The maximum atomic E-state index is 12.1. The molecular formula is C15H26N4O2. The van der Waals surface area contributed by atoms with Gasteiger partial charge < -0.3 is 15.4 Å². The summed E-state index contributed by atoms with van der Waals surface area (Å²) >= 11 is 0. The lowest BCUT2D eigenvalue weighted by atomic mass is 9.84. The van der Waals surface area contributed by atoms with E-state index >= 15 is 0 Å². The van der Waals surface area contributed by atoms with Gasteiger partial charge >= 0.3 is 6.09 Å². The Kier molecular flexibility index (Phi) is 4.16. The Labute approximate surface area is 126 Å². The first kappa shape index (κ1) is 15.7. The summed E-state index contributed by atoms with van der Waals surface area (Å²) in [7, 11) is 1.92. The average Bonchev–Trinajstić information content (AvgIpc) is 2.67. The molecule has 2 heterocycles. The van der Waals surface area contributed by atoms with Gasteiger partial charge in [0.25, 0.3) is 0 Å². The summed E-state index contributed by atoms with van der Waals surface area (Å²) in [6, 6.07) is 0. The fraction of sp³-hybridized carbons (Fsp3) is 0.733. The van der Waals surface area contributed by atoms with Gasteiger partial charge in [-0.25, -0.2) is 4.79 Å². The Balaban J connectivity index is 2.04. The molecular weight excluding hydrogens is 268 g/mol. The Bertz CT molecular complexity index is 499. The van der Waals surface area contributed by atoms with E-state index in [0.29, 0.717) is 24.9 Å². The zero-order valence-corrected chi connectivity index (χ0v) is 13.6. The van der Waals surface area contributed by atoms with Gasteiger partial charge in [-0.1, -0.05) is 6.92 Å². The highest BCUT2D eigenvalue weighted by atomic mass is 16.6. The topological polar surface area (TPSA) is 73.4 Å². The standard InChI is InChI=1S/C15H26N4O2/c1-10-9-19(14(20)21-15(2,3)4)7-6-11(10)13-12(16)8-17-18(13)5/h8,10-11H,6-7,9,16H2,1-5H3. The second-order valence-electron chi connectivity index (χ2n) is 6.91. The third-order valence-electron chi connectivity index (χ3n) is 3.92. The number of likely N-dealkylation sites (tertiary alicyclic amines) is 1. The molecule has 2 unspecified atom stereocenters. The number of hydrogen-bond acceptors (Lipinski definition) is 4. The molecule has 0 bridgehead atoms. The molecule has 1 fully saturated rings. The monoisotopic (exact) mass is 294 g/mol. The third kappa shape index (κ3) is 3.49. The Morgan fingerprint density at radius 2 is 2.14 bits per heavy atom. The van der Waals surface area contributed by atoms with Crippen LogP contribution in [0.15, 0.2) is 6.20 Å². The second-order valence-corrected chi connectivity index (χ2v) is 6.91. The van der Waals surface area contributed by atoms with Gasteiger partial charge in [0.1, 0.15) is 5.60 Å². The van der Waals surface area contributed by atoms with Crippen molar-refractivity contribution in [3.63, 3.8) is 0 Å². The van der Waals surface area contributed by atoms with E-state index in [1.54, 1.807) is 11.1 Å². The molecule has 1 aliphatic heterocycles. The molecule has 0 spiro atoms. The SMILES string of the molecule is CC1CN(C(=O)OC(C)(C)C)CCC1c1c(N)cnn1C. The fourth-order valence-electron chi connectivity index (χ4n) is 2.96. The zero-order chi connectivity index (χ0) is 15.8. The molecule has 6 heteroatoms. The van der Waals surface area contributed by atoms with Gasteiger partial charge in [0, 0.05) is 26.1 Å². The van der Waals surface area contributed by atoms with Crippen LogP contribution in [-0.2, 0) is 11.8 Å². The van der Waals surface area contributed by atoms with Crippen LogP contribution in [0.3, 0.4) is 0 Å². The highest BCUT2D eigenvalue weighted by Gasteiger charge is 2.34. The van der Waals surface area contributed by atoms with E-state index in [4.69, 9.17) is 10.5 Å². The van der Waals surface area contributed by atoms with Crippen LogP contribution in [0.4, 0.5) is 10.5 Å². The van der Waals surface area contributed by atoms with Gasteiger partial charge in [0.2, 0.25) is 0 Å². The summed E-state index contributed by atoms with van der Waals surface area (Å²) in [6.45, 7) is 9.18. The van der Waals surface area contributed by atoms with Crippen molar-refractivity contribution in [1.82, 2.24) is 14.7 Å². The van der Waals surface area contributed by atoms with Crippen molar-refractivity contribution in [3.05, 3.63) is 11.9 Å². The first-order valence-electron chi connectivity index (χ1n) is 7.44. The number of nitrogens with zero attached hydrogens (tertiary/aromatic N) is 3. The molecule has 0 radical (unpaired) electrons. The lowest BCUT2D eigenvalue weighted by Gasteiger charge is -2.37. The fourth-order valence-corrected chi connectivity index (χ4v) is 2.96. The summed E-state index contributed by atoms with van der Waals surface area (Å²) in [5, 5.41) is 4.21. The van der Waals surface area contributed by atoms with E-state index in [2.05, 4.69) is 12.0 Å². The van der Waals surface area contributed by atoms with Gasteiger partial charge in [-0.2, -0.15) is 5.10 Å². The van der Waals surface area contributed by atoms with Crippen LogP contribution in [0.1, 0.15) is 45.7 Å². The Hall–Kier alpha value is -1.72. The van der Waals surface area contributed by atoms with Crippen molar-refractivity contribution in [2.45, 2.75) is 45.6 Å². The van der Waals surface area contributed by atoms with E-state index in [9.17, 15) is 4.79 Å². The maximum absolute atomic E-state index is 12.1. The molecule has 1 aromatic rings. The minimum Gasteiger partial charge on any atom is -0.444 e. The number of carbonyl (C=O) groups excluding carboxylic acids is 1. The average molecular weight is 294 g/mol. The van der Waals surface area contributed by atoms with Crippen molar-refractivity contribution >= 4 is 11.8 Å². The zero-order valence-electron chi connectivity index (χ0n) is 13.6. The van der Waals surface area contributed by atoms with E-state index in [0.717, 1.165) is 17.8 Å². The number of rotatable bonds is 1. The number of aryl methyl sites for hydroxylation is 1. The van der Waals surface area contributed by atoms with E-state index in [-0.39, 0.29) is 6.09 Å². The van der Waals surface area contributed by atoms with Crippen molar-refractivity contribution in [2.75, 3.05) is 18.8 Å². The summed E-state index contributed by atoms with van der Waals surface area (Å²) in [6.07, 6.45) is 2.35. The normalized spacial score (nSPS) is 23.2. The minimum atomic E-state index is -0.455. The highest BCUT2D eigenvalue weighted by Crippen LogP contribution is 2.35. The number of nitrogen functional groups attached to an aromatic ring is 1. The second kappa shape index (κ2) is 5.58. The number of hydrogen-bond donors (Lipinski definition) is 1. The van der Waals surface area contributed by atoms with Crippen LogP contribution >= 0.6 is 0 Å². The maximum Gasteiger partial charge on any atom is 0.410 e. The molecule has 1 saturated heterocycles. The third-order valence-corrected chi connectivity index (χ3v) is 3.92. The Morgan fingerprint density at radius 1 is 1.48 bits per heavy atom. The number of anilines is 1. The molecule has 0 saturated carbocycles. The summed E-state index contributed by atoms with van der Waals surface area (Å²) < 4.78 is 7.29. The predicted molar refractivity (Wildman–Crippen MR) is 81.9 cm³/mol. The van der Waals surface area contributed by atoms with Gasteiger partial charge in [-0.3, -0.25) is 4.68 Å². The van der Waals surface area contributed by atoms with Gasteiger partial charge in [0.15, 0.2) is 0 Å². The van der Waals surface area contributed by atoms with Crippen LogP contribution in [-0.4, -0.2) is 39.5 Å². The van der Waals surface area contributed by atoms with E-state index in [1.165, 1.54) is 0 Å². The molecule has 21 heavy (non-hydrogen) atoms. The van der Waals surface area contributed by atoms with Gasteiger partial charge in [-0.15, -0.1) is 0 Å². The van der Waals surface area contributed by atoms with Crippen LogP contribution < -0.4 is 5.73 Å². The van der Waals surface area contributed by atoms with Crippen LogP contribution in [0.25, 0.3) is 0 Å². The van der Waals surface area contributed by atoms with Crippen molar-refractivity contribution in [2.24, 2.45) is 13.0 Å². The number of nitrogens with two attached hydrogens (primary N) is 1. The first-order chi connectivity index (χ1) is 9.69. The van der Waals surface area contributed by atoms with E-state index < -0.39 is 5.60 Å². The molecule has 2 rings (SSSR count). The molecule has 1 amide bonds. The molecule has 0 aliphatic carbocycles. The number of piperidine rings is 1. The van der Waals surface area contributed by atoms with Crippen LogP contribution in [0.2, 0.25) is 0 Å². The molecule has 0 aromatic carbocycles. The predicted octanol–water partition coefficient (Wildman–Crippen LogP) is 2.36. The summed E-state index contributed by atoms with van der Waals surface area (Å²) in [4.78, 5) is 13.9. The minimum absolute atomic E-state index is 0.231. The number of amides is 1. The smallest absolute Gasteiger partial charge is 0.410 e. The lowest BCUT2D eigenvalue weighted by molar-refractivity contribution is 0.0153. The largest absolute Gasteiger partial charge is 0.444 e. The number of ether oxygens (including phenoxy) is 1. The summed E-state index contributed by atoms with van der Waals surface area (Å²) in [5.41, 5.74) is 7.38. The number of carbonyl (C=O) groups is 1. The van der Waals surface area contributed by atoms with E-state index in [1.807, 2.05) is 32.5 Å². The highest BCUT2D eigenvalue weighted by molar-refractivity contribution is 5.68. The Morgan fingerprint density at radius 3 is 2.62 bits per heavy atom. The molecule has 118 valence electrons. The first-order valence-corrected chi connectivity index (χ1v) is 7.44. The van der Waals surface area contributed by atoms with Crippen molar-refractivity contribution in [3.8, 4) is 0 Å². The van der Waals surface area contributed by atoms with Crippen molar-refractivity contribution in [1.29, 1.82) is 0 Å². The van der Waals surface area contributed by atoms with Gasteiger partial charge in [0.05, 0.1) is 17.6 Å². The molecule has 2 N–H and O–H groups in total. The van der Waals surface area contributed by atoms with Crippen LogP contribution in [0.5, 0.6) is 0 Å². The number of aromatic nitrogens is 2. The molecule has 1 aromatic heterocycles. The van der Waals surface area contributed by atoms with Crippen molar-refractivity contribution < 1.29 is 9.53 Å². The molecule has 2 atom stereocenters.